The molecule has 0 atom stereocenters. The Morgan fingerprint density at radius 1 is 0.941 bits per heavy atom. The number of amidine groups is 1. The van der Waals surface area contributed by atoms with Crippen molar-refractivity contribution in [1.82, 2.24) is 10.2 Å². The lowest BCUT2D eigenvalue weighted by molar-refractivity contribution is -0.127. The van der Waals surface area contributed by atoms with Crippen molar-refractivity contribution in [1.29, 1.82) is 0 Å². The van der Waals surface area contributed by atoms with Crippen LogP contribution in [-0.2, 0) is 14.8 Å². The second-order valence-electron chi connectivity index (χ2n) is 9.12. The molecule has 8 nitrogen and oxygen atoms in total. The SMILES string of the molecule is COc1ccc(N2CCC(NC(=O)C3CCN(C4=NS(=O)(=O)c5ccccc54)CC3)CC2)cc1. The molecule has 1 amide bonds. The summed E-state index contributed by atoms with van der Waals surface area (Å²) in [5.74, 6) is 1.43. The molecule has 0 spiro atoms. The Kier molecular flexibility index (Phi) is 6.20. The molecule has 3 aliphatic heterocycles. The summed E-state index contributed by atoms with van der Waals surface area (Å²) < 4.78 is 34.0. The van der Waals surface area contributed by atoms with Crippen LogP contribution in [0.25, 0.3) is 0 Å². The van der Waals surface area contributed by atoms with Gasteiger partial charge in [-0.1, -0.05) is 12.1 Å². The second-order valence-corrected chi connectivity index (χ2v) is 10.7. The predicted octanol–water partition coefficient (Wildman–Crippen LogP) is 2.64. The van der Waals surface area contributed by atoms with Gasteiger partial charge in [0.25, 0.3) is 10.0 Å². The summed E-state index contributed by atoms with van der Waals surface area (Å²) in [6, 6.07) is 15.2. The van der Waals surface area contributed by atoms with Crippen molar-refractivity contribution in [3.8, 4) is 5.75 Å². The van der Waals surface area contributed by atoms with E-state index in [2.05, 4.69) is 26.7 Å². The first kappa shape index (κ1) is 22.7. The van der Waals surface area contributed by atoms with Crippen molar-refractivity contribution in [3.63, 3.8) is 0 Å². The second kappa shape index (κ2) is 9.29. The fraction of sp³-hybridized carbons (Fsp3) is 0.440. The smallest absolute Gasteiger partial charge is 0.285 e. The summed E-state index contributed by atoms with van der Waals surface area (Å²) in [5.41, 5.74) is 1.84. The van der Waals surface area contributed by atoms with Crippen LogP contribution in [0.5, 0.6) is 5.75 Å². The van der Waals surface area contributed by atoms with E-state index in [9.17, 15) is 13.2 Å². The number of amides is 1. The number of anilines is 1. The van der Waals surface area contributed by atoms with Gasteiger partial charge in [0.05, 0.1) is 7.11 Å². The number of hydrogen-bond donors (Lipinski definition) is 1. The van der Waals surface area contributed by atoms with E-state index in [0.717, 1.165) is 31.7 Å². The minimum absolute atomic E-state index is 0.0512. The van der Waals surface area contributed by atoms with Crippen LogP contribution >= 0.6 is 0 Å². The molecule has 0 bridgehead atoms. The minimum Gasteiger partial charge on any atom is -0.497 e. The molecule has 0 radical (unpaired) electrons. The molecule has 0 saturated carbocycles. The topological polar surface area (TPSA) is 91.3 Å². The van der Waals surface area contributed by atoms with Crippen LogP contribution in [0.4, 0.5) is 5.69 Å². The highest BCUT2D eigenvalue weighted by molar-refractivity contribution is 7.90. The number of carbonyl (C=O) groups is 1. The zero-order valence-electron chi connectivity index (χ0n) is 19.3. The van der Waals surface area contributed by atoms with E-state index in [1.807, 2.05) is 23.1 Å². The zero-order valence-corrected chi connectivity index (χ0v) is 20.1. The minimum atomic E-state index is -3.62. The molecule has 0 aliphatic carbocycles. The van der Waals surface area contributed by atoms with Gasteiger partial charge in [0, 0.05) is 49.4 Å². The van der Waals surface area contributed by atoms with Gasteiger partial charge < -0.3 is 19.9 Å². The maximum absolute atomic E-state index is 12.9. The van der Waals surface area contributed by atoms with Crippen molar-refractivity contribution < 1.29 is 17.9 Å². The number of sulfonamides is 1. The fourth-order valence-electron chi connectivity index (χ4n) is 5.06. The number of likely N-dealkylation sites (tertiary alicyclic amines) is 1. The van der Waals surface area contributed by atoms with E-state index in [4.69, 9.17) is 4.74 Å². The first-order valence-electron chi connectivity index (χ1n) is 11.8. The summed E-state index contributed by atoms with van der Waals surface area (Å²) in [7, 11) is -1.96. The molecule has 180 valence electrons. The normalized spacial score (nSPS) is 20.6. The Hall–Kier alpha value is -3.07. The van der Waals surface area contributed by atoms with Crippen molar-refractivity contribution >= 4 is 27.5 Å². The van der Waals surface area contributed by atoms with Gasteiger partial charge in [-0.15, -0.1) is 4.40 Å². The number of hydrogen-bond acceptors (Lipinski definition) is 6. The first-order valence-corrected chi connectivity index (χ1v) is 13.3. The summed E-state index contributed by atoms with van der Waals surface area (Å²) in [4.78, 5) is 17.5. The van der Waals surface area contributed by atoms with Gasteiger partial charge in [-0.05, 0) is 62.1 Å². The molecule has 2 aromatic rings. The molecule has 2 aromatic carbocycles. The van der Waals surface area contributed by atoms with Crippen LogP contribution in [0.15, 0.2) is 57.8 Å². The third kappa shape index (κ3) is 4.49. The average Bonchev–Trinajstić information content (AvgIpc) is 3.15. The number of piperidine rings is 2. The highest BCUT2D eigenvalue weighted by Crippen LogP contribution is 2.30. The van der Waals surface area contributed by atoms with Crippen molar-refractivity contribution in [2.45, 2.75) is 36.6 Å². The van der Waals surface area contributed by atoms with Gasteiger partial charge in [-0.25, -0.2) is 0 Å². The predicted molar refractivity (Wildman–Crippen MR) is 131 cm³/mol. The van der Waals surface area contributed by atoms with E-state index >= 15 is 0 Å². The quantitative estimate of drug-likeness (QED) is 0.721. The Balaban J connectivity index is 1.12. The number of carbonyl (C=O) groups excluding carboxylic acids is 1. The van der Waals surface area contributed by atoms with Crippen LogP contribution in [0.3, 0.4) is 0 Å². The van der Waals surface area contributed by atoms with E-state index in [0.29, 0.717) is 37.3 Å². The largest absolute Gasteiger partial charge is 0.497 e. The number of nitrogens with one attached hydrogen (secondary N) is 1. The molecular weight excluding hydrogens is 452 g/mol. The number of nitrogens with zero attached hydrogens (tertiary/aromatic N) is 3. The Morgan fingerprint density at radius 2 is 1.59 bits per heavy atom. The van der Waals surface area contributed by atoms with E-state index in [1.54, 1.807) is 25.3 Å². The zero-order chi connectivity index (χ0) is 23.7. The number of methoxy groups -OCH3 is 1. The van der Waals surface area contributed by atoms with Crippen molar-refractivity contribution in [2.24, 2.45) is 10.3 Å². The summed E-state index contributed by atoms with van der Waals surface area (Å²) >= 11 is 0. The maximum Gasteiger partial charge on any atom is 0.285 e. The molecular formula is C25H30N4O4S. The number of rotatable bonds is 4. The molecule has 3 aliphatic rings. The molecule has 3 heterocycles. The summed E-state index contributed by atoms with van der Waals surface area (Å²) in [6.45, 7) is 3.06. The standard InChI is InChI=1S/C25H30N4O4S/c1-33-21-8-6-20(7-9-21)28-16-12-19(13-17-28)26-25(30)18-10-14-29(15-11-18)24-22-4-2-3-5-23(22)34(31,32)27-24/h2-9,18-19H,10-17H2,1H3,(H,26,30). The van der Waals surface area contributed by atoms with Crippen LogP contribution in [0, 0.1) is 5.92 Å². The molecule has 9 heteroatoms. The Bertz CT molecular complexity index is 1180. The van der Waals surface area contributed by atoms with E-state index in [-0.39, 0.29) is 22.8 Å². The molecule has 2 saturated heterocycles. The van der Waals surface area contributed by atoms with Gasteiger partial charge in [-0.2, -0.15) is 8.42 Å². The van der Waals surface area contributed by atoms with Gasteiger partial charge in [-0.3, -0.25) is 4.79 Å². The van der Waals surface area contributed by atoms with Crippen molar-refractivity contribution in [3.05, 3.63) is 54.1 Å². The van der Waals surface area contributed by atoms with Crippen LogP contribution < -0.4 is 15.0 Å². The van der Waals surface area contributed by atoms with Crippen LogP contribution in [0.1, 0.15) is 31.2 Å². The third-order valence-electron chi connectivity index (χ3n) is 7.06. The number of fused-ring (bicyclic) bond motifs is 1. The van der Waals surface area contributed by atoms with Gasteiger partial charge in [0.2, 0.25) is 5.91 Å². The average molecular weight is 483 g/mol. The highest BCUT2D eigenvalue weighted by Gasteiger charge is 2.35. The summed E-state index contributed by atoms with van der Waals surface area (Å²) in [5, 5.41) is 3.26. The highest BCUT2D eigenvalue weighted by atomic mass is 32.2. The molecule has 0 unspecified atom stereocenters. The Morgan fingerprint density at radius 3 is 2.26 bits per heavy atom. The first-order chi connectivity index (χ1) is 16.4. The van der Waals surface area contributed by atoms with Crippen LogP contribution in [0.2, 0.25) is 0 Å². The number of benzene rings is 2. The number of ether oxygens (including phenoxy) is 1. The van der Waals surface area contributed by atoms with Crippen LogP contribution in [-0.4, -0.2) is 64.4 Å². The van der Waals surface area contributed by atoms with Gasteiger partial charge in [0.1, 0.15) is 10.6 Å². The maximum atomic E-state index is 12.9. The lowest BCUT2D eigenvalue weighted by Gasteiger charge is -2.36. The van der Waals surface area contributed by atoms with E-state index < -0.39 is 10.0 Å². The third-order valence-corrected chi connectivity index (χ3v) is 8.38. The Labute approximate surface area is 200 Å². The van der Waals surface area contributed by atoms with Gasteiger partial charge >= 0.3 is 0 Å². The molecule has 1 N–H and O–H groups in total. The molecule has 34 heavy (non-hydrogen) atoms. The fourth-order valence-corrected chi connectivity index (χ4v) is 6.29. The lowest BCUT2D eigenvalue weighted by Crippen LogP contribution is -2.48. The van der Waals surface area contributed by atoms with E-state index in [1.165, 1.54) is 5.69 Å². The lowest BCUT2D eigenvalue weighted by atomic mass is 9.94. The molecule has 5 rings (SSSR count). The molecule has 0 aromatic heterocycles. The monoisotopic (exact) mass is 482 g/mol. The van der Waals surface area contributed by atoms with Gasteiger partial charge in [0.15, 0.2) is 5.84 Å². The molecule has 2 fully saturated rings. The van der Waals surface area contributed by atoms with Crippen molar-refractivity contribution in [2.75, 3.05) is 38.2 Å². The summed E-state index contributed by atoms with van der Waals surface area (Å²) in [6.07, 6.45) is 3.22.